The minimum atomic E-state index is -0.788. The summed E-state index contributed by atoms with van der Waals surface area (Å²) in [6.07, 6.45) is 3.51. The molecule has 22 heavy (non-hydrogen) atoms. The molecule has 6 heteroatoms. The molecule has 0 spiro atoms. The second-order valence-corrected chi connectivity index (χ2v) is 5.47. The molecule has 0 aliphatic rings. The molecular formula is C16H22ClN3O2. The smallest absolute Gasteiger partial charge is 0.317 e. The molecule has 0 aromatic heterocycles. The number of benzene rings is 1. The van der Waals surface area contributed by atoms with Gasteiger partial charge in [0.15, 0.2) is 0 Å². The molecule has 0 radical (unpaired) electrons. The summed E-state index contributed by atoms with van der Waals surface area (Å²) in [5.41, 5.74) is 4.54. The van der Waals surface area contributed by atoms with Crippen LogP contribution in [0.15, 0.2) is 23.3 Å². The molecular weight excluding hydrogens is 302 g/mol. The Morgan fingerprint density at radius 3 is 2.36 bits per heavy atom. The predicted molar refractivity (Wildman–Crippen MR) is 90.2 cm³/mol. The number of nitrogens with one attached hydrogen (secondary N) is 2. The topological polar surface area (TPSA) is 70.6 Å². The first kappa shape index (κ1) is 18.2. The summed E-state index contributed by atoms with van der Waals surface area (Å²) in [4.78, 5) is 23.7. The summed E-state index contributed by atoms with van der Waals surface area (Å²) in [6.45, 7) is 5.91. The highest BCUT2D eigenvalue weighted by Crippen LogP contribution is 2.19. The molecule has 0 atom stereocenters. The molecule has 2 amide bonds. The summed E-state index contributed by atoms with van der Waals surface area (Å²) < 4.78 is 0. The SMILES string of the molecule is CCCC(CCC)=NNC(=O)C(=O)Nc1cc(Cl)ccc1C. The fourth-order valence-electron chi connectivity index (χ4n) is 1.90. The van der Waals surface area contributed by atoms with Crippen LogP contribution >= 0.6 is 11.6 Å². The molecule has 120 valence electrons. The Morgan fingerprint density at radius 2 is 1.77 bits per heavy atom. The van der Waals surface area contributed by atoms with Crippen LogP contribution in [0.25, 0.3) is 0 Å². The van der Waals surface area contributed by atoms with E-state index in [4.69, 9.17) is 11.6 Å². The van der Waals surface area contributed by atoms with E-state index in [9.17, 15) is 9.59 Å². The van der Waals surface area contributed by atoms with E-state index in [1.54, 1.807) is 18.2 Å². The van der Waals surface area contributed by atoms with Crippen molar-refractivity contribution in [3.05, 3.63) is 28.8 Å². The van der Waals surface area contributed by atoms with Gasteiger partial charge in [-0.05, 0) is 37.5 Å². The van der Waals surface area contributed by atoms with Crippen molar-refractivity contribution in [2.45, 2.75) is 46.5 Å². The zero-order valence-corrected chi connectivity index (χ0v) is 14.0. The van der Waals surface area contributed by atoms with Crippen molar-refractivity contribution in [1.29, 1.82) is 0 Å². The van der Waals surface area contributed by atoms with Crippen molar-refractivity contribution in [3.63, 3.8) is 0 Å². The Kier molecular flexibility index (Phi) is 7.60. The van der Waals surface area contributed by atoms with Crippen LogP contribution in [-0.4, -0.2) is 17.5 Å². The van der Waals surface area contributed by atoms with Gasteiger partial charge in [-0.15, -0.1) is 0 Å². The molecule has 1 aromatic rings. The van der Waals surface area contributed by atoms with E-state index in [-0.39, 0.29) is 0 Å². The number of halogens is 1. The number of anilines is 1. The Balaban J connectivity index is 2.67. The van der Waals surface area contributed by atoms with Gasteiger partial charge in [-0.2, -0.15) is 5.10 Å². The zero-order valence-electron chi connectivity index (χ0n) is 13.2. The Morgan fingerprint density at radius 1 is 1.14 bits per heavy atom. The summed E-state index contributed by atoms with van der Waals surface area (Å²) in [6, 6.07) is 5.10. The van der Waals surface area contributed by atoms with Gasteiger partial charge in [0.05, 0.1) is 0 Å². The van der Waals surface area contributed by atoms with Crippen LogP contribution < -0.4 is 10.7 Å². The van der Waals surface area contributed by atoms with E-state index < -0.39 is 11.8 Å². The standard InChI is InChI=1S/C16H22ClN3O2/c1-4-6-13(7-5-2)19-20-16(22)15(21)18-14-10-12(17)9-8-11(14)3/h8-10H,4-7H2,1-3H3,(H,18,21)(H,20,22). The summed E-state index contributed by atoms with van der Waals surface area (Å²) >= 11 is 5.88. The Hall–Kier alpha value is -1.88. The molecule has 0 heterocycles. The van der Waals surface area contributed by atoms with Gasteiger partial charge in [0.1, 0.15) is 0 Å². The van der Waals surface area contributed by atoms with Crippen LogP contribution in [0.3, 0.4) is 0 Å². The van der Waals surface area contributed by atoms with Crippen molar-refractivity contribution < 1.29 is 9.59 Å². The highest BCUT2D eigenvalue weighted by Gasteiger charge is 2.14. The third-order valence-electron chi connectivity index (χ3n) is 3.05. The van der Waals surface area contributed by atoms with Crippen molar-refractivity contribution in [1.82, 2.24) is 5.43 Å². The monoisotopic (exact) mass is 323 g/mol. The van der Waals surface area contributed by atoms with Crippen LogP contribution in [0.2, 0.25) is 5.02 Å². The highest BCUT2D eigenvalue weighted by atomic mass is 35.5. The minimum absolute atomic E-state index is 0.493. The van der Waals surface area contributed by atoms with Crippen LogP contribution in [0.4, 0.5) is 5.69 Å². The molecule has 0 unspecified atom stereocenters. The van der Waals surface area contributed by atoms with Gasteiger partial charge < -0.3 is 5.32 Å². The summed E-state index contributed by atoms with van der Waals surface area (Å²) in [5, 5.41) is 7.06. The van der Waals surface area contributed by atoms with Gasteiger partial charge in [0, 0.05) is 16.4 Å². The van der Waals surface area contributed by atoms with E-state index in [1.807, 2.05) is 20.8 Å². The first-order valence-corrected chi connectivity index (χ1v) is 7.78. The van der Waals surface area contributed by atoms with Crippen LogP contribution in [0, 0.1) is 6.92 Å². The third kappa shape index (κ3) is 5.85. The zero-order chi connectivity index (χ0) is 16.5. The van der Waals surface area contributed by atoms with E-state index in [2.05, 4.69) is 15.8 Å². The van der Waals surface area contributed by atoms with Gasteiger partial charge in [0.2, 0.25) is 0 Å². The molecule has 0 fully saturated rings. The number of hydrogen-bond donors (Lipinski definition) is 2. The lowest BCUT2D eigenvalue weighted by Crippen LogP contribution is -2.33. The molecule has 2 N–H and O–H groups in total. The van der Waals surface area contributed by atoms with Gasteiger partial charge >= 0.3 is 11.8 Å². The molecule has 1 aromatic carbocycles. The molecule has 0 bridgehead atoms. The number of aryl methyl sites for hydroxylation is 1. The number of nitrogens with zero attached hydrogens (tertiary/aromatic N) is 1. The normalized spacial score (nSPS) is 10.0. The average molecular weight is 324 g/mol. The quantitative estimate of drug-likeness (QED) is 0.476. The summed E-state index contributed by atoms with van der Waals surface area (Å²) in [7, 11) is 0. The first-order chi connectivity index (χ1) is 10.5. The number of hydrogen-bond acceptors (Lipinski definition) is 3. The lowest BCUT2D eigenvalue weighted by atomic mass is 10.1. The second-order valence-electron chi connectivity index (χ2n) is 5.03. The fourth-order valence-corrected chi connectivity index (χ4v) is 2.07. The van der Waals surface area contributed by atoms with Crippen LogP contribution in [0.5, 0.6) is 0 Å². The van der Waals surface area contributed by atoms with E-state index in [0.29, 0.717) is 10.7 Å². The molecule has 1 rings (SSSR count). The van der Waals surface area contributed by atoms with Crippen molar-refractivity contribution in [2.24, 2.45) is 5.10 Å². The minimum Gasteiger partial charge on any atom is -0.317 e. The van der Waals surface area contributed by atoms with Crippen molar-refractivity contribution in [3.8, 4) is 0 Å². The molecule has 5 nitrogen and oxygen atoms in total. The number of carbonyl (C=O) groups excluding carboxylic acids is 2. The molecule has 0 saturated heterocycles. The van der Waals surface area contributed by atoms with Crippen molar-refractivity contribution >= 4 is 34.8 Å². The molecule has 0 aliphatic heterocycles. The van der Waals surface area contributed by atoms with Gasteiger partial charge in [0.25, 0.3) is 0 Å². The first-order valence-electron chi connectivity index (χ1n) is 7.40. The van der Waals surface area contributed by atoms with Gasteiger partial charge in [-0.1, -0.05) is 44.4 Å². The van der Waals surface area contributed by atoms with Crippen LogP contribution in [-0.2, 0) is 9.59 Å². The van der Waals surface area contributed by atoms with E-state index in [0.717, 1.165) is 37.0 Å². The van der Waals surface area contributed by atoms with Crippen molar-refractivity contribution in [2.75, 3.05) is 5.32 Å². The maximum absolute atomic E-state index is 11.9. The Bertz CT molecular complexity index is 563. The van der Waals surface area contributed by atoms with E-state index in [1.165, 1.54) is 0 Å². The maximum Gasteiger partial charge on any atom is 0.329 e. The molecule has 0 saturated carbocycles. The predicted octanol–water partition coefficient (Wildman–Crippen LogP) is 3.66. The lowest BCUT2D eigenvalue weighted by Gasteiger charge is -2.08. The summed E-state index contributed by atoms with van der Waals surface area (Å²) in [5.74, 6) is -1.55. The van der Waals surface area contributed by atoms with Crippen LogP contribution in [0.1, 0.15) is 45.1 Å². The van der Waals surface area contributed by atoms with Gasteiger partial charge in [-0.25, -0.2) is 5.43 Å². The second kappa shape index (κ2) is 9.20. The van der Waals surface area contributed by atoms with E-state index >= 15 is 0 Å². The third-order valence-corrected chi connectivity index (χ3v) is 3.28. The largest absolute Gasteiger partial charge is 0.329 e. The number of rotatable bonds is 6. The van der Waals surface area contributed by atoms with Gasteiger partial charge in [-0.3, -0.25) is 9.59 Å². The number of hydrazone groups is 1. The number of amides is 2. The molecule has 0 aliphatic carbocycles. The number of carbonyl (C=O) groups is 2. The Labute approximate surface area is 136 Å². The highest BCUT2D eigenvalue weighted by molar-refractivity contribution is 6.40. The average Bonchev–Trinajstić information content (AvgIpc) is 2.48. The lowest BCUT2D eigenvalue weighted by molar-refractivity contribution is -0.136. The maximum atomic E-state index is 11.9. The fraction of sp³-hybridized carbons (Fsp3) is 0.438.